The van der Waals surface area contributed by atoms with Crippen LogP contribution in [0.3, 0.4) is 0 Å². The summed E-state index contributed by atoms with van der Waals surface area (Å²) in [5.74, 6) is -3.05. The molecule has 0 saturated carbocycles. The molecule has 0 aliphatic heterocycles. The van der Waals surface area contributed by atoms with Gasteiger partial charge in [0.15, 0.2) is 0 Å². The molecule has 0 bridgehead atoms. The Morgan fingerprint density at radius 3 is 1.36 bits per heavy atom. The van der Waals surface area contributed by atoms with Gasteiger partial charge in [-0.2, -0.15) is 0 Å². The molecule has 22 heavy (non-hydrogen) atoms. The highest BCUT2D eigenvalue weighted by Gasteiger charge is 2.56. The number of hydrogen-bond acceptors (Lipinski definition) is 6. The van der Waals surface area contributed by atoms with E-state index in [1.807, 2.05) is 0 Å². The smallest absolute Gasteiger partial charge is 0.335 e. The summed E-state index contributed by atoms with van der Waals surface area (Å²) < 4.78 is 14.7. The summed E-state index contributed by atoms with van der Waals surface area (Å²) >= 11 is 0. The van der Waals surface area contributed by atoms with Crippen LogP contribution in [0.25, 0.3) is 0 Å². The predicted octanol–water partition coefficient (Wildman–Crippen LogP) is 1.96. The molecule has 0 aromatic carbocycles. The highest BCUT2D eigenvalue weighted by Crippen LogP contribution is 2.30. The summed E-state index contributed by atoms with van der Waals surface area (Å²) in [4.78, 5) is 36.9. The third-order valence-electron chi connectivity index (χ3n) is 2.67. The maximum absolute atomic E-state index is 12.3. The van der Waals surface area contributed by atoms with Crippen molar-refractivity contribution in [3.8, 4) is 0 Å². The van der Waals surface area contributed by atoms with E-state index in [1.165, 1.54) is 18.2 Å². The molecule has 0 amide bonds. The first kappa shape index (κ1) is 19.6. The number of ether oxygens (including phenoxy) is 3. The van der Waals surface area contributed by atoms with Crippen molar-refractivity contribution in [2.75, 3.05) is 19.8 Å². The van der Waals surface area contributed by atoms with Crippen LogP contribution in [0, 0.1) is 5.41 Å². The zero-order valence-electron chi connectivity index (χ0n) is 12.8. The van der Waals surface area contributed by atoms with Crippen molar-refractivity contribution in [3.63, 3.8) is 0 Å². The van der Waals surface area contributed by atoms with Gasteiger partial charge in [0.25, 0.3) is 5.41 Å². The first-order valence-corrected chi connectivity index (χ1v) is 6.85. The standard InChI is InChI=1S/C16H22O6/c1-5-9-16(13(17)20-10-6-2,14(18)21-11-7-3)15(19)22-12-8-4/h6-8H,2-5,9-12H2,1H3. The van der Waals surface area contributed by atoms with E-state index in [9.17, 15) is 14.4 Å². The van der Waals surface area contributed by atoms with Crippen molar-refractivity contribution < 1.29 is 28.6 Å². The van der Waals surface area contributed by atoms with Crippen molar-refractivity contribution in [3.05, 3.63) is 38.0 Å². The quantitative estimate of drug-likeness (QED) is 0.251. The Labute approximate surface area is 130 Å². The van der Waals surface area contributed by atoms with Gasteiger partial charge in [-0.25, -0.2) is 0 Å². The lowest BCUT2D eigenvalue weighted by Gasteiger charge is -2.26. The van der Waals surface area contributed by atoms with Gasteiger partial charge in [-0.3, -0.25) is 14.4 Å². The minimum atomic E-state index is -2.15. The average Bonchev–Trinajstić information content (AvgIpc) is 2.52. The number of hydrogen-bond donors (Lipinski definition) is 0. The molecule has 0 unspecified atom stereocenters. The fraction of sp³-hybridized carbons (Fsp3) is 0.438. The summed E-state index contributed by atoms with van der Waals surface area (Å²) in [5, 5.41) is 0. The Morgan fingerprint density at radius 2 is 1.14 bits per heavy atom. The fourth-order valence-electron chi connectivity index (χ4n) is 1.70. The van der Waals surface area contributed by atoms with Gasteiger partial charge < -0.3 is 14.2 Å². The van der Waals surface area contributed by atoms with E-state index in [-0.39, 0.29) is 26.2 Å². The van der Waals surface area contributed by atoms with Crippen LogP contribution in [0.15, 0.2) is 38.0 Å². The minimum Gasteiger partial charge on any atom is -0.460 e. The van der Waals surface area contributed by atoms with Gasteiger partial charge >= 0.3 is 17.9 Å². The summed E-state index contributed by atoms with van der Waals surface area (Å²) in [6, 6.07) is 0. The fourth-order valence-corrected chi connectivity index (χ4v) is 1.70. The highest BCUT2D eigenvalue weighted by molar-refractivity contribution is 6.17. The first-order valence-electron chi connectivity index (χ1n) is 6.85. The zero-order chi connectivity index (χ0) is 17.0. The Balaban J connectivity index is 5.59. The second-order valence-electron chi connectivity index (χ2n) is 4.32. The lowest BCUT2D eigenvalue weighted by atomic mass is 9.83. The second-order valence-corrected chi connectivity index (χ2v) is 4.32. The molecule has 0 radical (unpaired) electrons. The molecule has 0 spiro atoms. The number of esters is 3. The van der Waals surface area contributed by atoms with Crippen LogP contribution in [-0.2, 0) is 28.6 Å². The van der Waals surface area contributed by atoms with Crippen LogP contribution in [0.2, 0.25) is 0 Å². The summed E-state index contributed by atoms with van der Waals surface area (Å²) in [6.45, 7) is 11.6. The van der Waals surface area contributed by atoms with Gasteiger partial charge in [0, 0.05) is 0 Å². The number of carbonyl (C=O) groups excluding carboxylic acids is 3. The lowest BCUT2D eigenvalue weighted by Crippen LogP contribution is -2.49. The molecule has 0 aliphatic rings. The second kappa shape index (κ2) is 10.4. The SMILES string of the molecule is C=CCOC(=O)C(CCC)(C(=O)OCC=C)C(=O)OCC=C. The molecular formula is C16H22O6. The molecule has 0 aliphatic carbocycles. The van der Waals surface area contributed by atoms with Gasteiger partial charge in [-0.15, -0.1) is 0 Å². The normalized spacial score (nSPS) is 10.2. The van der Waals surface area contributed by atoms with Crippen molar-refractivity contribution in [2.24, 2.45) is 5.41 Å². The van der Waals surface area contributed by atoms with Crippen LogP contribution >= 0.6 is 0 Å². The van der Waals surface area contributed by atoms with Crippen LogP contribution in [0.1, 0.15) is 19.8 Å². The van der Waals surface area contributed by atoms with Crippen LogP contribution in [-0.4, -0.2) is 37.7 Å². The highest BCUT2D eigenvalue weighted by atomic mass is 16.6. The Morgan fingerprint density at radius 1 is 0.818 bits per heavy atom. The molecule has 6 heteroatoms. The van der Waals surface area contributed by atoms with Crippen LogP contribution in [0.4, 0.5) is 0 Å². The van der Waals surface area contributed by atoms with Crippen molar-refractivity contribution in [1.82, 2.24) is 0 Å². The zero-order valence-corrected chi connectivity index (χ0v) is 12.8. The Bertz CT molecular complexity index is 378. The van der Waals surface area contributed by atoms with E-state index >= 15 is 0 Å². The summed E-state index contributed by atoms with van der Waals surface area (Å²) in [7, 11) is 0. The van der Waals surface area contributed by atoms with E-state index in [0.717, 1.165) is 0 Å². The molecule has 0 heterocycles. The number of carbonyl (C=O) groups is 3. The van der Waals surface area contributed by atoms with Gasteiger partial charge in [0.2, 0.25) is 0 Å². The Kier molecular flexibility index (Phi) is 9.25. The van der Waals surface area contributed by atoms with Crippen molar-refractivity contribution in [1.29, 1.82) is 0 Å². The molecule has 0 atom stereocenters. The van der Waals surface area contributed by atoms with E-state index in [2.05, 4.69) is 19.7 Å². The van der Waals surface area contributed by atoms with E-state index in [0.29, 0.717) is 6.42 Å². The van der Waals surface area contributed by atoms with Crippen molar-refractivity contribution >= 4 is 17.9 Å². The first-order chi connectivity index (χ1) is 10.5. The third kappa shape index (κ3) is 4.87. The van der Waals surface area contributed by atoms with Crippen LogP contribution < -0.4 is 0 Å². The molecule has 0 N–H and O–H groups in total. The molecule has 6 nitrogen and oxygen atoms in total. The molecule has 122 valence electrons. The molecule has 0 aromatic rings. The molecule has 0 fully saturated rings. The van der Waals surface area contributed by atoms with Gasteiger partial charge in [0.05, 0.1) is 0 Å². The maximum atomic E-state index is 12.3. The van der Waals surface area contributed by atoms with Gasteiger partial charge in [-0.05, 0) is 6.42 Å². The lowest BCUT2D eigenvalue weighted by molar-refractivity contribution is -0.183. The van der Waals surface area contributed by atoms with Crippen LogP contribution in [0.5, 0.6) is 0 Å². The maximum Gasteiger partial charge on any atom is 0.335 e. The summed E-state index contributed by atoms with van der Waals surface area (Å²) in [6.07, 6.45) is 4.28. The summed E-state index contributed by atoms with van der Waals surface area (Å²) in [5.41, 5.74) is -2.15. The molecule has 0 rings (SSSR count). The Hall–Kier alpha value is -2.37. The third-order valence-corrected chi connectivity index (χ3v) is 2.67. The van der Waals surface area contributed by atoms with Gasteiger partial charge in [-0.1, -0.05) is 51.3 Å². The number of rotatable bonds is 11. The monoisotopic (exact) mass is 310 g/mol. The topological polar surface area (TPSA) is 78.9 Å². The minimum absolute atomic E-state index is 0.0884. The largest absolute Gasteiger partial charge is 0.460 e. The molecule has 0 aromatic heterocycles. The average molecular weight is 310 g/mol. The van der Waals surface area contributed by atoms with Gasteiger partial charge in [0.1, 0.15) is 19.8 Å². The molecular weight excluding hydrogens is 288 g/mol. The van der Waals surface area contributed by atoms with E-state index in [1.54, 1.807) is 6.92 Å². The van der Waals surface area contributed by atoms with E-state index in [4.69, 9.17) is 14.2 Å². The van der Waals surface area contributed by atoms with Crippen molar-refractivity contribution in [2.45, 2.75) is 19.8 Å². The predicted molar refractivity (Wildman–Crippen MR) is 80.8 cm³/mol. The van der Waals surface area contributed by atoms with E-state index < -0.39 is 23.3 Å². The molecule has 0 saturated heterocycles.